The highest BCUT2D eigenvalue weighted by atomic mass is 79.9. The summed E-state index contributed by atoms with van der Waals surface area (Å²) >= 11 is 3.56. The molecule has 1 aromatic rings. The highest BCUT2D eigenvalue weighted by Gasteiger charge is 2.23. The smallest absolute Gasteiger partial charge is 0.0512 e. The van der Waals surface area contributed by atoms with Crippen LogP contribution in [0.5, 0.6) is 0 Å². The summed E-state index contributed by atoms with van der Waals surface area (Å²) in [6.45, 7) is 1.61. The van der Waals surface area contributed by atoms with Gasteiger partial charge in [0.25, 0.3) is 0 Å². The molecule has 3 heteroatoms. The van der Waals surface area contributed by atoms with Crippen LogP contribution in [0.3, 0.4) is 0 Å². The zero-order valence-corrected chi connectivity index (χ0v) is 10.2. The third-order valence-electron chi connectivity index (χ3n) is 2.97. The van der Waals surface area contributed by atoms with E-state index in [1.165, 1.54) is 10.0 Å². The average Bonchev–Trinajstić information content (AvgIpc) is 2.24. The maximum Gasteiger partial charge on any atom is 0.0512 e. The van der Waals surface area contributed by atoms with Gasteiger partial charge < -0.3 is 10.5 Å². The molecule has 2 nitrogen and oxygen atoms in total. The quantitative estimate of drug-likeness (QED) is 0.895. The fourth-order valence-corrected chi connectivity index (χ4v) is 2.42. The van der Waals surface area contributed by atoms with Crippen LogP contribution in [0.25, 0.3) is 0 Å². The Morgan fingerprint density at radius 1 is 1.40 bits per heavy atom. The SMILES string of the molecule is NC1CCOCC1Cc1ccccc1Br. The lowest BCUT2D eigenvalue weighted by atomic mass is 9.90. The summed E-state index contributed by atoms with van der Waals surface area (Å²) in [5, 5.41) is 0. The van der Waals surface area contributed by atoms with Crippen molar-refractivity contribution in [1.29, 1.82) is 0 Å². The van der Waals surface area contributed by atoms with Crippen molar-refractivity contribution in [2.75, 3.05) is 13.2 Å². The van der Waals surface area contributed by atoms with Crippen molar-refractivity contribution in [3.8, 4) is 0 Å². The molecule has 15 heavy (non-hydrogen) atoms. The normalized spacial score (nSPS) is 26.5. The minimum atomic E-state index is 0.283. The van der Waals surface area contributed by atoms with Gasteiger partial charge in [-0.2, -0.15) is 0 Å². The molecule has 2 unspecified atom stereocenters. The Labute approximate surface area is 98.9 Å². The first kappa shape index (κ1) is 11.1. The van der Waals surface area contributed by atoms with Crippen molar-refractivity contribution in [2.24, 2.45) is 11.7 Å². The molecule has 0 amide bonds. The van der Waals surface area contributed by atoms with E-state index in [0.717, 1.165) is 26.1 Å². The molecule has 82 valence electrons. The zero-order chi connectivity index (χ0) is 10.7. The Morgan fingerprint density at radius 2 is 2.20 bits per heavy atom. The van der Waals surface area contributed by atoms with Gasteiger partial charge in [-0.25, -0.2) is 0 Å². The van der Waals surface area contributed by atoms with Gasteiger partial charge in [-0.05, 0) is 24.5 Å². The largest absolute Gasteiger partial charge is 0.381 e. The standard InChI is InChI=1S/C12H16BrNO/c13-11-4-2-1-3-9(11)7-10-8-15-6-5-12(10)14/h1-4,10,12H,5-8,14H2. The lowest BCUT2D eigenvalue weighted by Crippen LogP contribution is -2.39. The van der Waals surface area contributed by atoms with E-state index in [1.54, 1.807) is 0 Å². The van der Waals surface area contributed by atoms with Gasteiger partial charge in [0.15, 0.2) is 0 Å². The molecule has 0 saturated carbocycles. The summed E-state index contributed by atoms with van der Waals surface area (Å²) in [4.78, 5) is 0. The third kappa shape index (κ3) is 2.80. The molecule has 0 radical (unpaired) electrons. The van der Waals surface area contributed by atoms with Crippen LogP contribution in [0.2, 0.25) is 0 Å². The minimum Gasteiger partial charge on any atom is -0.381 e. The van der Waals surface area contributed by atoms with Crippen LogP contribution in [0.15, 0.2) is 28.7 Å². The Hall–Kier alpha value is -0.380. The van der Waals surface area contributed by atoms with Crippen LogP contribution < -0.4 is 5.73 Å². The fraction of sp³-hybridized carbons (Fsp3) is 0.500. The Balaban J connectivity index is 2.04. The fourth-order valence-electron chi connectivity index (χ4n) is 1.97. The summed E-state index contributed by atoms with van der Waals surface area (Å²) in [5.41, 5.74) is 7.40. The van der Waals surface area contributed by atoms with E-state index in [2.05, 4.69) is 34.1 Å². The molecule has 1 aliphatic rings. The van der Waals surface area contributed by atoms with Gasteiger partial charge in [0.05, 0.1) is 6.61 Å². The lowest BCUT2D eigenvalue weighted by molar-refractivity contribution is 0.0422. The molecule has 1 saturated heterocycles. The van der Waals surface area contributed by atoms with E-state index in [9.17, 15) is 0 Å². The third-order valence-corrected chi connectivity index (χ3v) is 3.75. The maximum atomic E-state index is 6.08. The van der Waals surface area contributed by atoms with Crippen molar-refractivity contribution in [2.45, 2.75) is 18.9 Å². The van der Waals surface area contributed by atoms with Gasteiger partial charge in [-0.1, -0.05) is 34.1 Å². The highest BCUT2D eigenvalue weighted by Crippen LogP contribution is 2.23. The van der Waals surface area contributed by atoms with Crippen LogP contribution in [-0.2, 0) is 11.2 Å². The van der Waals surface area contributed by atoms with E-state index in [-0.39, 0.29) is 6.04 Å². The number of hydrogen-bond acceptors (Lipinski definition) is 2. The Kier molecular flexibility index (Phi) is 3.78. The predicted molar refractivity (Wildman–Crippen MR) is 64.7 cm³/mol. The Morgan fingerprint density at radius 3 is 2.93 bits per heavy atom. The molecule has 0 spiro atoms. The van der Waals surface area contributed by atoms with Crippen LogP contribution in [0.1, 0.15) is 12.0 Å². The first-order chi connectivity index (χ1) is 7.27. The minimum absolute atomic E-state index is 0.283. The van der Waals surface area contributed by atoms with Gasteiger partial charge in [-0.3, -0.25) is 0 Å². The number of ether oxygens (including phenoxy) is 1. The molecule has 1 heterocycles. The molecule has 0 bridgehead atoms. The number of halogens is 1. The predicted octanol–water partition coefficient (Wildman–Crippen LogP) is 2.36. The van der Waals surface area contributed by atoms with E-state index in [4.69, 9.17) is 10.5 Å². The second kappa shape index (κ2) is 5.10. The van der Waals surface area contributed by atoms with Gasteiger partial charge in [0.1, 0.15) is 0 Å². The molecule has 2 rings (SSSR count). The van der Waals surface area contributed by atoms with E-state index in [1.807, 2.05) is 6.07 Å². The first-order valence-electron chi connectivity index (χ1n) is 5.34. The lowest BCUT2D eigenvalue weighted by Gasteiger charge is -2.28. The van der Waals surface area contributed by atoms with Crippen molar-refractivity contribution in [1.82, 2.24) is 0 Å². The number of hydrogen-bond donors (Lipinski definition) is 1. The first-order valence-corrected chi connectivity index (χ1v) is 6.13. The summed E-state index contributed by atoms with van der Waals surface area (Å²) < 4.78 is 6.64. The molecule has 0 aliphatic carbocycles. The molecule has 1 aromatic carbocycles. The topological polar surface area (TPSA) is 35.2 Å². The van der Waals surface area contributed by atoms with Crippen molar-refractivity contribution < 1.29 is 4.74 Å². The van der Waals surface area contributed by atoms with E-state index < -0.39 is 0 Å². The zero-order valence-electron chi connectivity index (χ0n) is 8.66. The van der Waals surface area contributed by atoms with Gasteiger partial charge in [-0.15, -0.1) is 0 Å². The number of nitrogens with two attached hydrogens (primary N) is 1. The van der Waals surface area contributed by atoms with Crippen LogP contribution >= 0.6 is 15.9 Å². The summed E-state index contributed by atoms with van der Waals surface area (Å²) in [7, 11) is 0. The van der Waals surface area contributed by atoms with Gasteiger partial charge >= 0.3 is 0 Å². The van der Waals surface area contributed by atoms with Crippen LogP contribution in [0, 0.1) is 5.92 Å². The summed E-state index contributed by atoms with van der Waals surface area (Å²) in [6, 6.07) is 8.60. The number of benzene rings is 1. The van der Waals surface area contributed by atoms with Crippen molar-refractivity contribution in [3.05, 3.63) is 34.3 Å². The summed E-state index contributed by atoms with van der Waals surface area (Å²) in [6.07, 6.45) is 1.98. The molecule has 0 aromatic heterocycles. The van der Waals surface area contributed by atoms with Crippen LogP contribution in [-0.4, -0.2) is 19.3 Å². The molecule has 2 N–H and O–H groups in total. The molecule has 1 fully saturated rings. The average molecular weight is 270 g/mol. The molecular weight excluding hydrogens is 254 g/mol. The van der Waals surface area contributed by atoms with Gasteiger partial charge in [0.2, 0.25) is 0 Å². The second-order valence-corrected chi connectivity index (χ2v) is 4.94. The Bertz CT molecular complexity index is 329. The molecule has 2 atom stereocenters. The van der Waals surface area contributed by atoms with E-state index in [0.29, 0.717) is 5.92 Å². The van der Waals surface area contributed by atoms with Crippen molar-refractivity contribution >= 4 is 15.9 Å². The van der Waals surface area contributed by atoms with Crippen molar-refractivity contribution in [3.63, 3.8) is 0 Å². The highest BCUT2D eigenvalue weighted by molar-refractivity contribution is 9.10. The summed E-state index contributed by atoms with van der Waals surface area (Å²) in [5.74, 6) is 0.456. The molecular formula is C12H16BrNO. The van der Waals surface area contributed by atoms with Gasteiger partial charge in [0, 0.05) is 23.0 Å². The van der Waals surface area contributed by atoms with E-state index >= 15 is 0 Å². The van der Waals surface area contributed by atoms with Crippen LogP contribution in [0.4, 0.5) is 0 Å². The second-order valence-electron chi connectivity index (χ2n) is 4.08. The number of rotatable bonds is 2. The molecule has 1 aliphatic heterocycles. The maximum absolute atomic E-state index is 6.08. The monoisotopic (exact) mass is 269 g/mol.